The molecule has 3 N–H and O–H groups in total. The molecule has 0 atom stereocenters. The molecule has 0 bridgehead atoms. The molecule has 0 saturated carbocycles. The van der Waals surface area contributed by atoms with Crippen molar-refractivity contribution >= 4 is 52.8 Å². The van der Waals surface area contributed by atoms with E-state index < -0.39 is 5.91 Å². The minimum atomic E-state index is -0.406. The maximum atomic E-state index is 12.7. The van der Waals surface area contributed by atoms with Gasteiger partial charge in [0.2, 0.25) is 5.91 Å². The Morgan fingerprint density at radius 3 is 2.43 bits per heavy atom. The van der Waals surface area contributed by atoms with Crippen LogP contribution in [0, 0.1) is 0 Å². The van der Waals surface area contributed by atoms with Gasteiger partial charge in [-0.05, 0) is 53.6 Å². The number of anilines is 1. The molecule has 184 valence electrons. The van der Waals surface area contributed by atoms with Gasteiger partial charge in [0, 0.05) is 44.4 Å². The van der Waals surface area contributed by atoms with Gasteiger partial charge in [-0.15, -0.1) is 0 Å². The van der Waals surface area contributed by atoms with Crippen LogP contribution in [-0.2, 0) is 17.8 Å². The van der Waals surface area contributed by atoms with E-state index in [9.17, 15) is 9.59 Å². The number of hydrazine groups is 1. The molecule has 0 spiro atoms. The highest BCUT2D eigenvalue weighted by Gasteiger charge is 2.16. The minimum absolute atomic E-state index is 0.179. The minimum Gasteiger partial charge on any atom is -0.380 e. The topological polar surface area (TPSA) is 82.6 Å². The van der Waals surface area contributed by atoms with Gasteiger partial charge in [-0.3, -0.25) is 25.4 Å². The number of amides is 2. The summed E-state index contributed by atoms with van der Waals surface area (Å²) in [5.41, 5.74) is 10.00. The summed E-state index contributed by atoms with van der Waals surface area (Å²) < 4.78 is 0. The zero-order chi connectivity index (χ0) is 25.6. The average molecular weight is 527 g/mol. The van der Waals surface area contributed by atoms with Crippen LogP contribution in [0.2, 0.25) is 5.02 Å². The standard InChI is InChI=1S/C29H23ClN4O2S/c30-22-12-9-20(10-13-22)17-31-24-7-4-8-26-23(24)18-32-25-16-21(11-14-27(25)37-26)29(36)34-33-28(35)15-19-5-2-1-3-6-19/h1-14,16,18,31H,15,17H2,(H,33,35)(H,34,36). The summed E-state index contributed by atoms with van der Waals surface area (Å²) in [6, 6.07) is 28.5. The van der Waals surface area contributed by atoms with E-state index in [1.807, 2.05) is 79.0 Å². The molecular weight excluding hydrogens is 504 g/mol. The predicted molar refractivity (Wildman–Crippen MR) is 149 cm³/mol. The van der Waals surface area contributed by atoms with E-state index in [4.69, 9.17) is 11.6 Å². The van der Waals surface area contributed by atoms with Crippen LogP contribution >= 0.6 is 23.4 Å². The lowest BCUT2D eigenvalue weighted by Crippen LogP contribution is -2.42. The quantitative estimate of drug-likeness (QED) is 0.231. The molecule has 1 heterocycles. The largest absolute Gasteiger partial charge is 0.380 e. The Labute approximate surface area is 224 Å². The first-order valence-corrected chi connectivity index (χ1v) is 12.8. The monoisotopic (exact) mass is 526 g/mol. The third-order valence-corrected chi connectivity index (χ3v) is 7.15. The van der Waals surface area contributed by atoms with E-state index in [1.165, 1.54) is 0 Å². The highest BCUT2D eigenvalue weighted by Crippen LogP contribution is 2.41. The molecule has 4 aromatic rings. The van der Waals surface area contributed by atoms with Gasteiger partial charge in [-0.25, -0.2) is 0 Å². The maximum Gasteiger partial charge on any atom is 0.269 e. The van der Waals surface area contributed by atoms with Gasteiger partial charge in [-0.1, -0.05) is 71.9 Å². The molecule has 0 aliphatic carbocycles. The van der Waals surface area contributed by atoms with Gasteiger partial charge in [-0.2, -0.15) is 0 Å². The lowest BCUT2D eigenvalue weighted by molar-refractivity contribution is -0.121. The van der Waals surface area contributed by atoms with Crippen LogP contribution in [0.5, 0.6) is 0 Å². The van der Waals surface area contributed by atoms with Crippen molar-refractivity contribution in [2.75, 3.05) is 5.32 Å². The van der Waals surface area contributed by atoms with Crippen molar-refractivity contribution in [2.45, 2.75) is 22.8 Å². The van der Waals surface area contributed by atoms with Crippen molar-refractivity contribution in [1.82, 2.24) is 10.9 Å². The summed E-state index contributed by atoms with van der Waals surface area (Å²) in [5.74, 6) is -0.701. The summed E-state index contributed by atoms with van der Waals surface area (Å²) in [7, 11) is 0. The van der Waals surface area contributed by atoms with Crippen LogP contribution < -0.4 is 16.2 Å². The van der Waals surface area contributed by atoms with E-state index in [0.717, 1.165) is 32.2 Å². The third-order valence-electron chi connectivity index (χ3n) is 5.76. The van der Waals surface area contributed by atoms with E-state index in [1.54, 1.807) is 23.9 Å². The Morgan fingerprint density at radius 2 is 1.62 bits per heavy atom. The average Bonchev–Trinajstić information content (AvgIpc) is 3.11. The van der Waals surface area contributed by atoms with Crippen LogP contribution in [0.1, 0.15) is 27.0 Å². The number of aliphatic imine (C=N–C) groups is 1. The SMILES string of the molecule is O=C(Cc1ccccc1)NNC(=O)c1ccc2c(c1)N=Cc1c(NCc3ccc(Cl)cc3)cccc1S2. The van der Waals surface area contributed by atoms with Crippen LogP contribution in [0.4, 0.5) is 11.4 Å². The van der Waals surface area contributed by atoms with Crippen molar-refractivity contribution in [1.29, 1.82) is 0 Å². The first-order valence-electron chi connectivity index (χ1n) is 11.7. The van der Waals surface area contributed by atoms with Crippen LogP contribution in [0.3, 0.4) is 0 Å². The van der Waals surface area contributed by atoms with Gasteiger partial charge in [0.1, 0.15) is 0 Å². The molecule has 1 aliphatic heterocycles. The zero-order valence-electron chi connectivity index (χ0n) is 19.7. The number of benzene rings is 4. The number of carbonyl (C=O) groups excluding carboxylic acids is 2. The van der Waals surface area contributed by atoms with Gasteiger partial charge < -0.3 is 5.32 Å². The second-order valence-electron chi connectivity index (χ2n) is 8.40. The van der Waals surface area contributed by atoms with Crippen molar-refractivity contribution in [3.05, 3.63) is 118 Å². The number of fused-ring (bicyclic) bond motifs is 2. The number of halogens is 1. The molecule has 0 fully saturated rings. The van der Waals surface area contributed by atoms with E-state index in [-0.39, 0.29) is 12.3 Å². The molecule has 4 aromatic carbocycles. The molecular formula is C29H23ClN4O2S. The number of carbonyl (C=O) groups is 2. The second kappa shape index (κ2) is 11.3. The third kappa shape index (κ3) is 6.20. The maximum absolute atomic E-state index is 12.7. The number of nitrogens with zero attached hydrogens (tertiary/aromatic N) is 1. The van der Waals surface area contributed by atoms with Crippen LogP contribution in [0.15, 0.2) is 106 Å². The van der Waals surface area contributed by atoms with Crippen LogP contribution in [-0.4, -0.2) is 18.0 Å². The summed E-state index contributed by atoms with van der Waals surface area (Å²) in [6.07, 6.45) is 2.00. The first kappa shape index (κ1) is 24.6. The summed E-state index contributed by atoms with van der Waals surface area (Å²) in [5, 5.41) is 4.19. The predicted octanol–water partition coefficient (Wildman–Crippen LogP) is 6.17. The molecule has 8 heteroatoms. The Bertz CT molecular complexity index is 1470. The number of rotatable bonds is 6. The molecule has 37 heavy (non-hydrogen) atoms. The number of nitrogens with one attached hydrogen (secondary N) is 3. The van der Waals surface area contributed by atoms with Crippen LogP contribution in [0.25, 0.3) is 0 Å². The van der Waals surface area contributed by atoms with Crippen molar-refractivity contribution in [3.8, 4) is 0 Å². The summed E-state index contributed by atoms with van der Waals surface area (Å²) in [6.45, 7) is 0.652. The van der Waals surface area contributed by atoms with Gasteiger partial charge >= 0.3 is 0 Å². The van der Waals surface area contributed by atoms with Crippen molar-refractivity contribution < 1.29 is 9.59 Å². The molecule has 6 nitrogen and oxygen atoms in total. The lowest BCUT2D eigenvalue weighted by Gasteiger charge is -2.12. The molecule has 0 radical (unpaired) electrons. The Hall–Kier alpha value is -4.07. The fraction of sp³-hybridized carbons (Fsp3) is 0.0690. The van der Waals surface area contributed by atoms with Gasteiger partial charge in [0.15, 0.2) is 0 Å². The molecule has 1 aliphatic rings. The van der Waals surface area contributed by atoms with Gasteiger partial charge in [0.05, 0.1) is 12.1 Å². The first-order chi connectivity index (χ1) is 18.0. The Morgan fingerprint density at radius 1 is 0.811 bits per heavy atom. The van der Waals surface area contributed by atoms with E-state index in [0.29, 0.717) is 22.8 Å². The lowest BCUT2D eigenvalue weighted by atomic mass is 10.1. The molecule has 0 aromatic heterocycles. The second-order valence-corrected chi connectivity index (χ2v) is 9.93. The molecule has 5 rings (SSSR count). The highest BCUT2D eigenvalue weighted by molar-refractivity contribution is 7.99. The summed E-state index contributed by atoms with van der Waals surface area (Å²) in [4.78, 5) is 31.5. The fourth-order valence-corrected chi connectivity index (χ4v) is 4.98. The molecule has 0 saturated heterocycles. The van der Waals surface area contributed by atoms with E-state index in [2.05, 4.69) is 27.2 Å². The fourth-order valence-electron chi connectivity index (χ4n) is 3.84. The van der Waals surface area contributed by atoms with Crippen molar-refractivity contribution in [2.24, 2.45) is 4.99 Å². The zero-order valence-corrected chi connectivity index (χ0v) is 21.3. The normalized spacial score (nSPS) is 11.6. The highest BCUT2D eigenvalue weighted by atomic mass is 35.5. The smallest absolute Gasteiger partial charge is 0.269 e. The summed E-state index contributed by atoms with van der Waals surface area (Å²) >= 11 is 7.59. The van der Waals surface area contributed by atoms with Gasteiger partial charge in [0.25, 0.3) is 5.91 Å². The number of hydrogen-bond acceptors (Lipinski definition) is 5. The molecule has 2 amide bonds. The van der Waals surface area contributed by atoms with E-state index >= 15 is 0 Å². The van der Waals surface area contributed by atoms with Crippen molar-refractivity contribution in [3.63, 3.8) is 0 Å². The number of hydrogen-bond donors (Lipinski definition) is 3. The Kier molecular flexibility index (Phi) is 7.54. The Balaban J connectivity index is 1.26. The molecule has 0 unspecified atom stereocenters.